The average molecular weight is 254 g/mol. The minimum atomic E-state index is -1.01. The first-order valence-electron chi connectivity index (χ1n) is 5.89. The van der Waals surface area contributed by atoms with Crippen molar-refractivity contribution in [3.63, 3.8) is 0 Å². The zero-order chi connectivity index (χ0) is 13.1. The fourth-order valence-corrected chi connectivity index (χ4v) is 2.38. The standard InChI is InChI=1S/C13H22N2OS/c1-10(9-15-17(16)13(3,4)5)12-7-6-8-14-11(12)2/h6-8,10,15H,9H2,1-5H3/t10?,17-/m0/s1. The second-order valence-corrected chi connectivity index (χ2v) is 7.36. The lowest BCUT2D eigenvalue weighted by molar-refractivity contribution is 0.539. The van der Waals surface area contributed by atoms with E-state index >= 15 is 0 Å². The van der Waals surface area contributed by atoms with Crippen LogP contribution in [0.4, 0.5) is 0 Å². The van der Waals surface area contributed by atoms with Gasteiger partial charge in [-0.1, -0.05) is 13.0 Å². The Morgan fingerprint density at radius 3 is 2.65 bits per heavy atom. The van der Waals surface area contributed by atoms with Crippen molar-refractivity contribution in [2.24, 2.45) is 0 Å². The normalized spacial score (nSPS) is 15.6. The first kappa shape index (κ1) is 14.5. The van der Waals surface area contributed by atoms with Crippen LogP contribution in [0.2, 0.25) is 0 Å². The molecule has 0 bridgehead atoms. The Bertz CT molecular complexity index is 363. The van der Waals surface area contributed by atoms with E-state index in [4.69, 9.17) is 0 Å². The molecule has 0 aromatic carbocycles. The summed E-state index contributed by atoms with van der Waals surface area (Å²) in [5.74, 6) is 0.315. The van der Waals surface area contributed by atoms with Crippen LogP contribution < -0.4 is 4.72 Å². The predicted octanol–water partition coefficient (Wildman–Crippen LogP) is 2.55. The predicted molar refractivity (Wildman–Crippen MR) is 73.3 cm³/mol. The number of nitrogens with zero attached hydrogens (tertiary/aromatic N) is 1. The van der Waals surface area contributed by atoms with Gasteiger partial charge in [0, 0.05) is 29.8 Å². The summed E-state index contributed by atoms with van der Waals surface area (Å²) in [5.41, 5.74) is 2.26. The molecule has 0 radical (unpaired) electrons. The van der Waals surface area contributed by atoms with Crippen molar-refractivity contribution < 1.29 is 4.55 Å². The van der Waals surface area contributed by atoms with Crippen LogP contribution in [-0.2, 0) is 11.4 Å². The van der Waals surface area contributed by atoms with Gasteiger partial charge in [0.25, 0.3) is 0 Å². The molecule has 17 heavy (non-hydrogen) atoms. The topological polar surface area (TPSA) is 48.0 Å². The van der Waals surface area contributed by atoms with Crippen molar-refractivity contribution in [1.29, 1.82) is 0 Å². The molecule has 96 valence electrons. The van der Waals surface area contributed by atoms with Gasteiger partial charge < -0.3 is 4.55 Å². The Hall–Kier alpha value is -0.580. The molecule has 1 rings (SSSR count). The van der Waals surface area contributed by atoms with E-state index < -0.39 is 11.4 Å². The summed E-state index contributed by atoms with van der Waals surface area (Å²) in [5, 5.41) is 0. The van der Waals surface area contributed by atoms with Crippen molar-refractivity contribution in [3.05, 3.63) is 29.6 Å². The van der Waals surface area contributed by atoms with E-state index in [2.05, 4.69) is 22.7 Å². The molecular weight excluding hydrogens is 232 g/mol. The number of hydrogen-bond acceptors (Lipinski definition) is 3. The molecule has 2 atom stereocenters. The fourth-order valence-electron chi connectivity index (χ4n) is 1.54. The van der Waals surface area contributed by atoms with Gasteiger partial charge in [-0.3, -0.25) is 4.98 Å². The molecule has 3 nitrogen and oxygen atoms in total. The Morgan fingerprint density at radius 2 is 2.12 bits per heavy atom. The molecule has 1 unspecified atom stereocenters. The summed E-state index contributed by atoms with van der Waals surface area (Å²) in [4.78, 5) is 4.27. The van der Waals surface area contributed by atoms with Crippen molar-refractivity contribution >= 4 is 11.4 Å². The molecule has 0 aliphatic rings. The maximum absolute atomic E-state index is 11.9. The summed E-state index contributed by atoms with van der Waals surface area (Å²) < 4.78 is 14.7. The lowest BCUT2D eigenvalue weighted by Crippen LogP contribution is -2.40. The van der Waals surface area contributed by atoms with Crippen molar-refractivity contribution in [2.45, 2.75) is 45.3 Å². The van der Waals surface area contributed by atoms with Crippen molar-refractivity contribution in [3.8, 4) is 0 Å². The zero-order valence-corrected chi connectivity index (χ0v) is 12.1. The quantitative estimate of drug-likeness (QED) is 0.840. The van der Waals surface area contributed by atoms with Gasteiger partial charge in [0.05, 0.1) is 0 Å². The van der Waals surface area contributed by atoms with Crippen LogP contribution >= 0.6 is 0 Å². The van der Waals surface area contributed by atoms with Gasteiger partial charge in [-0.25, -0.2) is 0 Å². The molecule has 0 aliphatic carbocycles. The summed E-state index contributed by atoms with van der Waals surface area (Å²) in [7, 11) is 0. The second kappa shape index (κ2) is 5.85. The van der Waals surface area contributed by atoms with Gasteiger partial charge in [0.2, 0.25) is 0 Å². The number of hydrogen-bond donors (Lipinski definition) is 1. The number of aryl methyl sites for hydroxylation is 1. The molecule has 0 saturated heterocycles. The molecule has 0 amide bonds. The van der Waals surface area contributed by atoms with Crippen LogP contribution in [0, 0.1) is 6.92 Å². The van der Waals surface area contributed by atoms with Gasteiger partial charge in [0.15, 0.2) is 0 Å². The van der Waals surface area contributed by atoms with Crippen LogP contribution in [0.1, 0.15) is 44.9 Å². The first-order chi connectivity index (χ1) is 7.82. The molecule has 1 heterocycles. The zero-order valence-electron chi connectivity index (χ0n) is 11.3. The van der Waals surface area contributed by atoms with Gasteiger partial charge >= 0.3 is 0 Å². The Morgan fingerprint density at radius 1 is 1.47 bits per heavy atom. The Labute approximate surface area is 107 Å². The Kier molecular flexibility index (Phi) is 4.98. The minimum Gasteiger partial charge on any atom is -0.598 e. The summed E-state index contributed by atoms with van der Waals surface area (Å²) in [6.07, 6.45) is 1.80. The van der Waals surface area contributed by atoms with E-state index in [1.165, 1.54) is 5.56 Å². The lowest BCUT2D eigenvalue weighted by Gasteiger charge is -2.25. The first-order valence-corrected chi connectivity index (χ1v) is 7.04. The van der Waals surface area contributed by atoms with Gasteiger partial charge in [-0.15, -0.1) is 4.72 Å². The monoisotopic (exact) mass is 254 g/mol. The third-order valence-corrected chi connectivity index (χ3v) is 4.20. The third-order valence-electron chi connectivity index (χ3n) is 2.66. The van der Waals surface area contributed by atoms with Crippen LogP contribution in [0.25, 0.3) is 0 Å². The molecule has 0 fully saturated rings. The number of aromatic nitrogens is 1. The SMILES string of the molecule is Cc1ncccc1C(C)CN[S@@+]([O-])C(C)(C)C. The van der Waals surface area contributed by atoms with Gasteiger partial charge in [-0.05, 0) is 45.2 Å². The van der Waals surface area contributed by atoms with Crippen LogP contribution in [0.3, 0.4) is 0 Å². The lowest BCUT2D eigenvalue weighted by atomic mass is 10.0. The Balaban J connectivity index is 2.57. The smallest absolute Gasteiger partial charge is 0.136 e. The maximum atomic E-state index is 11.9. The van der Waals surface area contributed by atoms with E-state index in [1.807, 2.05) is 33.8 Å². The highest BCUT2D eigenvalue weighted by atomic mass is 32.2. The molecular formula is C13H22N2OS. The highest BCUT2D eigenvalue weighted by Crippen LogP contribution is 2.18. The number of pyridine rings is 1. The molecule has 1 aromatic rings. The molecule has 1 aromatic heterocycles. The van der Waals surface area contributed by atoms with E-state index in [0.29, 0.717) is 12.5 Å². The summed E-state index contributed by atoms with van der Waals surface area (Å²) in [6.45, 7) is 10.7. The van der Waals surface area contributed by atoms with Crippen LogP contribution in [0.15, 0.2) is 18.3 Å². The number of nitrogens with one attached hydrogen (secondary N) is 1. The van der Waals surface area contributed by atoms with Crippen molar-refractivity contribution in [2.75, 3.05) is 6.54 Å². The second-order valence-electron chi connectivity index (χ2n) is 5.31. The van der Waals surface area contributed by atoms with E-state index in [-0.39, 0.29) is 4.75 Å². The number of rotatable bonds is 4. The molecule has 0 aliphatic heterocycles. The molecule has 4 heteroatoms. The highest BCUT2D eigenvalue weighted by molar-refractivity contribution is 7.90. The maximum Gasteiger partial charge on any atom is 0.136 e. The fraction of sp³-hybridized carbons (Fsp3) is 0.615. The van der Waals surface area contributed by atoms with Gasteiger partial charge in [0.1, 0.15) is 4.75 Å². The molecule has 0 saturated carbocycles. The minimum absolute atomic E-state index is 0.219. The van der Waals surface area contributed by atoms with Crippen molar-refractivity contribution in [1.82, 2.24) is 9.71 Å². The average Bonchev–Trinajstić information content (AvgIpc) is 2.24. The van der Waals surface area contributed by atoms with Crippen LogP contribution in [0.5, 0.6) is 0 Å². The summed E-state index contributed by atoms with van der Waals surface area (Å²) in [6, 6.07) is 4.02. The van der Waals surface area contributed by atoms with Crippen LogP contribution in [-0.4, -0.2) is 20.8 Å². The summed E-state index contributed by atoms with van der Waals surface area (Å²) >= 11 is -1.01. The van der Waals surface area contributed by atoms with Gasteiger partial charge in [-0.2, -0.15) is 0 Å². The van der Waals surface area contributed by atoms with E-state index in [1.54, 1.807) is 6.20 Å². The highest BCUT2D eigenvalue weighted by Gasteiger charge is 2.26. The van der Waals surface area contributed by atoms with E-state index in [0.717, 1.165) is 5.69 Å². The third kappa shape index (κ3) is 4.30. The largest absolute Gasteiger partial charge is 0.598 e. The molecule has 1 N–H and O–H groups in total. The van der Waals surface area contributed by atoms with E-state index in [9.17, 15) is 4.55 Å². The molecule has 0 spiro atoms.